The highest BCUT2D eigenvalue weighted by Crippen LogP contribution is 2.23. The molecule has 35 heavy (non-hydrogen) atoms. The monoisotopic (exact) mass is 478 g/mol. The molecule has 0 bridgehead atoms. The molecule has 0 fully saturated rings. The molecule has 7 nitrogen and oxygen atoms in total. The van der Waals surface area contributed by atoms with Gasteiger partial charge in [0.25, 0.3) is 5.56 Å². The first-order valence-electron chi connectivity index (χ1n) is 11.2. The molecule has 0 unspecified atom stereocenters. The maximum atomic E-state index is 12.6. The Balaban J connectivity index is 1.32. The molecule has 172 valence electrons. The first-order chi connectivity index (χ1) is 17.1. The minimum absolute atomic E-state index is 0.130. The quantitative estimate of drug-likeness (QED) is 0.270. The van der Waals surface area contributed by atoms with Gasteiger partial charge < -0.3 is 4.98 Å². The van der Waals surface area contributed by atoms with Crippen LogP contribution in [0.1, 0.15) is 33.6 Å². The second-order valence-electron chi connectivity index (χ2n) is 8.22. The van der Waals surface area contributed by atoms with Crippen LogP contribution in [0.3, 0.4) is 0 Å². The van der Waals surface area contributed by atoms with Gasteiger partial charge in [0.15, 0.2) is 5.16 Å². The van der Waals surface area contributed by atoms with Gasteiger partial charge >= 0.3 is 0 Å². The van der Waals surface area contributed by atoms with Crippen LogP contribution in [-0.2, 0) is 18.7 Å². The van der Waals surface area contributed by atoms with Gasteiger partial charge in [-0.15, -0.1) is 5.10 Å². The summed E-state index contributed by atoms with van der Waals surface area (Å²) in [6, 6.07) is 24.1. The first-order valence-corrected chi connectivity index (χ1v) is 12.2. The lowest BCUT2D eigenvalue weighted by atomic mass is 9.99. The maximum absolute atomic E-state index is 12.6. The van der Waals surface area contributed by atoms with Crippen molar-refractivity contribution in [2.24, 2.45) is 0 Å². The number of H-pyrrole nitrogens is 1. The standard InChI is InChI=1S/C27H22N6OS/c1-18-25(13-20-11-6-10-19-7-4-5-12-24(19)20)29-27(30-26(18)34)35-17-23-16-33(32-31-23)15-22-9-3-2-8-21(22)14-28/h2-12,16H,13,15,17H2,1H3,(H,29,30,34). The Morgan fingerprint density at radius 2 is 1.80 bits per heavy atom. The SMILES string of the molecule is Cc1c(Cc2cccc3ccccc23)nc(SCc2cn(Cc3ccccc3C#N)nn2)[nH]c1=O. The zero-order chi connectivity index (χ0) is 24.2. The van der Waals surface area contributed by atoms with Crippen LogP contribution in [-0.4, -0.2) is 25.0 Å². The number of thioether (sulfide) groups is 1. The average molecular weight is 479 g/mol. The largest absolute Gasteiger partial charge is 0.301 e. The number of aromatic amines is 1. The maximum Gasteiger partial charge on any atom is 0.254 e. The fraction of sp³-hybridized carbons (Fsp3) is 0.148. The van der Waals surface area contributed by atoms with E-state index in [2.05, 4.69) is 45.6 Å². The molecule has 0 saturated heterocycles. The molecule has 0 aliphatic rings. The highest BCUT2D eigenvalue weighted by molar-refractivity contribution is 7.98. The van der Waals surface area contributed by atoms with E-state index in [0.717, 1.165) is 22.5 Å². The smallest absolute Gasteiger partial charge is 0.254 e. The summed E-state index contributed by atoms with van der Waals surface area (Å²) in [5, 5.41) is 20.6. The van der Waals surface area contributed by atoms with Crippen LogP contribution < -0.4 is 5.56 Å². The van der Waals surface area contributed by atoms with Gasteiger partial charge in [-0.2, -0.15) is 5.26 Å². The topological polar surface area (TPSA) is 100 Å². The van der Waals surface area contributed by atoms with E-state index in [1.165, 1.54) is 22.5 Å². The molecule has 0 aliphatic carbocycles. The minimum atomic E-state index is -0.130. The summed E-state index contributed by atoms with van der Waals surface area (Å²) in [4.78, 5) is 20.3. The Kier molecular flexibility index (Phi) is 6.42. The van der Waals surface area contributed by atoms with Gasteiger partial charge in [-0.3, -0.25) is 4.79 Å². The number of nitriles is 1. The zero-order valence-corrected chi connectivity index (χ0v) is 19.9. The molecule has 5 aromatic rings. The third-order valence-electron chi connectivity index (χ3n) is 5.88. The Bertz CT molecular complexity index is 1610. The highest BCUT2D eigenvalue weighted by Gasteiger charge is 2.12. The zero-order valence-electron chi connectivity index (χ0n) is 19.1. The van der Waals surface area contributed by atoms with E-state index < -0.39 is 0 Å². The van der Waals surface area contributed by atoms with Crippen molar-refractivity contribution < 1.29 is 0 Å². The Morgan fingerprint density at radius 1 is 1.03 bits per heavy atom. The number of benzene rings is 3. The number of hydrogen-bond acceptors (Lipinski definition) is 6. The molecule has 0 atom stereocenters. The van der Waals surface area contributed by atoms with E-state index in [1.54, 1.807) is 10.7 Å². The summed E-state index contributed by atoms with van der Waals surface area (Å²) >= 11 is 1.42. The fourth-order valence-electron chi connectivity index (χ4n) is 3.99. The van der Waals surface area contributed by atoms with Crippen LogP contribution in [0.5, 0.6) is 0 Å². The molecular formula is C27H22N6OS. The number of nitrogens with zero attached hydrogens (tertiary/aromatic N) is 5. The Labute approximate surface area is 206 Å². The van der Waals surface area contributed by atoms with Crippen LogP contribution in [0.15, 0.2) is 82.9 Å². The highest BCUT2D eigenvalue weighted by atomic mass is 32.2. The van der Waals surface area contributed by atoms with Gasteiger partial charge in [0, 0.05) is 23.9 Å². The third kappa shape index (κ3) is 5.00. The van der Waals surface area contributed by atoms with Crippen LogP contribution in [0.2, 0.25) is 0 Å². The van der Waals surface area contributed by atoms with Gasteiger partial charge in [0.05, 0.1) is 29.6 Å². The van der Waals surface area contributed by atoms with Gasteiger partial charge in [-0.05, 0) is 34.9 Å². The van der Waals surface area contributed by atoms with E-state index in [0.29, 0.717) is 35.0 Å². The molecule has 1 N–H and O–H groups in total. The lowest BCUT2D eigenvalue weighted by Crippen LogP contribution is -2.16. The van der Waals surface area contributed by atoms with Gasteiger partial charge in [0.2, 0.25) is 0 Å². The van der Waals surface area contributed by atoms with E-state index in [9.17, 15) is 10.1 Å². The van der Waals surface area contributed by atoms with E-state index in [1.807, 2.05) is 49.5 Å². The van der Waals surface area contributed by atoms with E-state index in [-0.39, 0.29) is 5.56 Å². The lowest BCUT2D eigenvalue weighted by molar-refractivity contribution is 0.648. The number of rotatable bonds is 7. The summed E-state index contributed by atoms with van der Waals surface area (Å²) < 4.78 is 1.71. The summed E-state index contributed by atoms with van der Waals surface area (Å²) in [6.07, 6.45) is 2.43. The van der Waals surface area contributed by atoms with Crippen molar-refractivity contribution in [3.8, 4) is 6.07 Å². The molecule has 2 heterocycles. The van der Waals surface area contributed by atoms with Crippen LogP contribution in [0.25, 0.3) is 10.8 Å². The van der Waals surface area contributed by atoms with Crippen molar-refractivity contribution in [1.82, 2.24) is 25.0 Å². The lowest BCUT2D eigenvalue weighted by Gasteiger charge is -2.09. The van der Waals surface area contributed by atoms with Crippen molar-refractivity contribution in [2.45, 2.75) is 30.8 Å². The van der Waals surface area contributed by atoms with E-state index >= 15 is 0 Å². The molecule has 0 saturated carbocycles. The van der Waals surface area contributed by atoms with Gasteiger partial charge in [-0.25, -0.2) is 9.67 Å². The van der Waals surface area contributed by atoms with Crippen LogP contribution in [0, 0.1) is 18.3 Å². The molecular weight excluding hydrogens is 456 g/mol. The number of aromatic nitrogens is 5. The second-order valence-corrected chi connectivity index (χ2v) is 9.19. The van der Waals surface area contributed by atoms with Crippen LogP contribution >= 0.6 is 11.8 Å². The minimum Gasteiger partial charge on any atom is -0.301 e. The Hall–Kier alpha value is -4.22. The number of nitrogens with one attached hydrogen (secondary N) is 1. The van der Waals surface area contributed by atoms with Crippen molar-refractivity contribution in [3.05, 3.63) is 117 Å². The number of hydrogen-bond donors (Lipinski definition) is 1. The van der Waals surface area contributed by atoms with Gasteiger partial charge in [-0.1, -0.05) is 77.6 Å². The normalized spacial score (nSPS) is 11.0. The third-order valence-corrected chi connectivity index (χ3v) is 6.79. The predicted molar refractivity (Wildman–Crippen MR) is 136 cm³/mol. The van der Waals surface area contributed by atoms with Crippen molar-refractivity contribution in [1.29, 1.82) is 5.26 Å². The fourth-order valence-corrected chi connectivity index (χ4v) is 4.75. The van der Waals surface area contributed by atoms with Crippen molar-refractivity contribution >= 4 is 22.5 Å². The first kappa shape index (κ1) is 22.6. The molecule has 0 spiro atoms. The summed E-state index contributed by atoms with van der Waals surface area (Å²) in [5.41, 5.74) is 4.69. The number of fused-ring (bicyclic) bond motifs is 1. The molecule has 5 rings (SSSR count). The van der Waals surface area contributed by atoms with Gasteiger partial charge in [0.1, 0.15) is 0 Å². The molecule has 8 heteroatoms. The summed E-state index contributed by atoms with van der Waals surface area (Å²) in [7, 11) is 0. The molecule has 3 aromatic carbocycles. The predicted octanol–water partition coefficient (Wildman–Crippen LogP) is 4.63. The molecule has 0 amide bonds. The average Bonchev–Trinajstić information content (AvgIpc) is 3.33. The van der Waals surface area contributed by atoms with E-state index in [4.69, 9.17) is 4.98 Å². The summed E-state index contributed by atoms with van der Waals surface area (Å²) in [5.74, 6) is 0.513. The van der Waals surface area contributed by atoms with Crippen LogP contribution in [0.4, 0.5) is 0 Å². The summed E-state index contributed by atoms with van der Waals surface area (Å²) in [6.45, 7) is 2.28. The molecule has 0 radical (unpaired) electrons. The van der Waals surface area contributed by atoms with Crippen molar-refractivity contribution in [2.75, 3.05) is 0 Å². The van der Waals surface area contributed by atoms with Crippen molar-refractivity contribution in [3.63, 3.8) is 0 Å². The molecule has 2 aromatic heterocycles. The molecule has 0 aliphatic heterocycles. The Morgan fingerprint density at radius 3 is 2.69 bits per heavy atom. The second kappa shape index (κ2) is 9.95.